The maximum absolute atomic E-state index is 5.36. The first-order chi connectivity index (χ1) is 9.20. The molecular formula is C14H24N4O. The van der Waals surface area contributed by atoms with Crippen LogP contribution in [-0.2, 0) is 13.0 Å². The normalized spacial score (nSPS) is 27.9. The maximum Gasteiger partial charge on any atom is 0.240 e. The second-order valence-electron chi connectivity index (χ2n) is 6.36. The quantitative estimate of drug-likeness (QED) is 0.892. The van der Waals surface area contributed by atoms with E-state index < -0.39 is 0 Å². The molecule has 1 N–H and O–H groups in total. The van der Waals surface area contributed by atoms with Crippen molar-refractivity contribution in [1.82, 2.24) is 20.4 Å². The Bertz CT molecular complexity index is 403. The van der Waals surface area contributed by atoms with Crippen molar-refractivity contribution in [2.75, 3.05) is 19.6 Å². The van der Waals surface area contributed by atoms with E-state index in [0.717, 1.165) is 37.1 Å². The lowest BCUT2D eigenvalue weighted by Crippen LogP contribution is -2.40. The average Bonchev–Trinajstić information content (AvgIpc) is 2.94. The van der Waals surface area contributed by atoms with E-state index in [2.05, 4.69) is 34.2 Å². The van der Waals surface area contributed by atoms with Gasteiger partial charge in [-0.3, -0.25) is 4.90 Å². The molecule has 1 aromatic heterocycles. The highest BCUT2D eigenvalue weighted by Crippen LogP contribution is 2.25. The third kappa shape index (κ3) is 3.15. The van der Waals surface area contributed by atoms with Gasteiger partial charge in [0.15, 0.2) is 5.82 Å². The van der Waals surface area contributed by atoms with Crippen molar-refractivity contribution < 1.29 is 4.52 Å². The highest BCUT2D eigenvalue weighted by molar-refractivity contribution is 4.94. The summed E-state index contributed by atoms with van der Waals surface area (Å²) in [6.45, 7) is 8.61. The first kappa shape index (κ1) is 13.1. The zero-order chi connectivity index (χ0) is 13.2. The third-order valence-electron chi connectivity index (χ3n) is 4.13. The summed E-state index contributed by atoms with van der Waals surface area (Å²) in [4.78, 5) is 6.94. The first-order valence-corrected chi connectivity index (χ1v) is 7.48. The molecule has 2 fully saturated rings. The second-order valence-corrected chi connectivity index (χ2v) is 6.36. The Kier molecular flexibility index (Phi) is 3.84. The zero-order valence-electron chi connectivity index (χ0n) is 11.9. The molecule has 0 saturated carbocycles. The summed E-state index contributed by atoms with van der Waals surface area (Å²) in [5.74, 6) is 3.00. The molecule has 2 saturated heterocycles. The van der Waals surface area contributed by atoms with Crippen molar-refractivity contribution in [2.45, 2.75) is 45.7 Å². The largest absolute Gasteiger partial charge is 0.338 e. The van der Waals surface area contributed by atoms with Gasteiger partial charge < -0.3 is 9.84 Å². The number of fused-ring (bicyclic) bond motifs is 1. The molecule has 3 rings (SSSR count). The lowest BCUT2D eigenvalue weighted by atomic mass is 9.94. The Morgan fingerprint density at radius 1 is 1.42 bits per heavy atom. The molecule has 2 aliphatic rings. The molecule has 0 spiro atoms. The standard InChI is InChI=1S/C14H24N4O/c1-10(2)6-13-16-14(19-17-13)9-18-7-11-4-3-5-15-12(11)8-18/h10-12,15H,3-9H2,1-2H3. The summed E-state index contributed by atoms with van der Waals surface area (Å²) in [6.07, 6.45) is 3.57. The van der Waals surface area contributed by atoms with Gasteiger partial charge in [0, 0.05) is 25.6 Å². The summed E-state index contributed by atoms with van der Waals surface area (Å²) in [5.41, 5.74) is 0. The Hall–Kier alpha value is -0.940. The summed E-state index contributed by atoms with van der Waals surface area (Å²) in [6, 6.07) is 0.673. The second kappa shape index (κ2) is 5.59. The van der Waals surface area contributed by atoms with Crippen molar-refractivity contribution in [2.24, 2.45) is 11.8 Å². The first-order valence-electron chi connectivity index (χ1n) is 7.48. The number of nitrogens with zero attached hydrogens (tertiary/aromatic N) is 3. The van der Waals surface area contributed by atoms with Crippen molar-refractivity contribution in [3.05, 3.63) is 11.7 Å². The minimum atomic E-state index is 0.573. The maximum atomic E-state index is 5.36. The van der Waals surface area contributed by atoms with E-state index in [1.165, 1.54) is 25.9 Å². The van der Waals surface area contributed by atoms with Gasteiger partial charge in [-0.2, -0.15) is 4.98 Å². The molecule has 5 nitrogen and oxygen atoms in total. The van der Waals surface area contributed by atoms with Crippen molar-refractivity contribution in [1.29, 1.82) is 0 Å². The third-order valence-corrected chi connectivity index (χ3v) is 4.13. The predicted molar refractivity (Wildman–Crippen MR) is 72.6 cm³/mol. The van der Waals surface area contributed by atoms with E-state index in [4.69, 9.17) is 4.52 Å². The molecule has 1 aromatic rings. The summed E-state index contributed by atoms with van der Waals surface area (Å²) in [7, 11) is 0. The molecule has 5 heteroatoms. The average molecular weight is 264 g/mol. The van der Waals surface area contributed by atoms with E-state index in [9.17, 15) is 0 Å². The van der Waals surface area contributed by atoms with Gasteiger partial charge in [-0.15, -0.1) is 0 Å². The fraction of sp³-hybridized carbons (Fsp3) is 0.857. The van der Waals surface area contributed by atoms with Gasteiger partial charge >= 0.3 is 0 Å². The highest BCUT2D eigenvalue weighted by atomic mass is 16.5. The van der Waals surface area contributed by atoms with Crippen LogP contribution in [0.1, 0.15) is 38.4 Å². The molecule has 19 heavy (non-hydrogen) atoms. The predicted octanol–water partition coefficient (Wildman–Crippen LogP) is 1.45. The van der Waals surface area contributed by atoms with Gasteiger partial charge in [-0.1, -0.05) is 19.0 Å². The minimum Gasteiger partial charge on any atom is -0.338 e. The molecule has 0 aromatic carbocycles. The lowest BCUT2D eigenvalue weighted by molar-refractivity contribution is 0.258. The van der Waals surface area contributed by atoms with Crippen LogP contribution in [0.15, 0.2) is 4.52 Å². The Morgan fingerprint density at radius 2 is 2.32 bits per heavy atom. The van der Waals surface area contributed by atoms with Crippen LogP contribution in [0.5, 0.6) is 0 Å². The molecule has 106 valence electrons. The van der Waals surface area contributed by atoms with E-state index in [0.29, 0.717) is 12.0 Å². The number of hydrogen-bond donors (Lipinski definition) is 1. The smallest absolute Gasteiger partial charge is 0.240 e. The molecule has 2 atom stereocenters. The Balaban J connectivity index is 1.55. The van der Waals surface area contributed by atoms with Crippen LogP contribution < -0.4 is 5.32 Å². The fourth-order valence-corrected chi connectivity index (χ4v) is 3.26. The molecule has 2 unspecified atom stereocenters. The van der Waals surface area contributed by atoms with E-state index >= 15 is 0 Å². The molecular weight excluding hydrogens is 240 g/mol. The molecule has 0 radical (unpaired) electrons. The number of likely N-dealkylation sites (tertiary alicyclic amines) is 1. The van der Waals surface area contributed by atoms with Gasteiger partial charge in [0.2, 0.25) is 5.89 Å². The number of piperidine rings is 1. The van der Waals surface area contributed by atoms with Crippen molar-refractivity contribution in [3.8, 4) is 0 Å². The number of rotatable bonds is 4. The molecule has 0 amide bonds. The van der Waals surface area contributed by atoms with Gasteiger partial charge in [0.25, 0.3) is 0 Å². The Labute approximate surface area is 114 Å². The van der Waals surface area contributed by atoms with Crippen molar-refractivity contribution in [3.63, 3.8) is 0 Å². The number of nitrogens with one attached hydrogen (secondary N) is 1. The van der Waals surface area contributed by atoms with Crippen LogP contribution in [-0.4, -0.2) is 40.7 Å². The topological polar surface area (TPSA) is 54.2 Å². The summed E-state index contributed by atoms with van der Waals surface area (Å²) < 4.78 is 5.36. The highest BCUT2D eigenvalue weighted by Gasteiger charge is 2.34. The van der Waals surface area contributed by atoms with Crippen LogP contribution in [0.4, 0.5) is 0 Å². The zero-order valence-corrected chi connectivity index (χ0v) is 11.9. The molecule has 0 aliphatic carbocycles. The summed E-state index contributed by atoms with van der Waals surface area (Å²) >= 11 is 0. The van der Waals surface area contributed by atoms with Crippen LogP contribution in [0, 0.1) is 11.8 Å². The van der Waals surface area contributed by atoms with E-state index in [-0.39, 0.29) is 0 Å². The molecule has 3 heterocycles. The monoisotopic (exact) mass is 264 g/mol. The SMILES string of the molecule is CC(C)Cc1noc(CN2CC3CCCNC3C2)n1. The van der Waals surface area contributed by atoms with Crippen molar-refractivity contribution >= 4 is 0 Å². The minimum absolute atomic E-state index is 0.573. The molecule has 2 aliphatic heterocycles. The van der Waals surface area contributed by atoms with E-state index in [1.54, 1.807) is 0 Å². The molecule has 0 bridgehead atoms. The Morgan fingerprint density at radius 3 is 3.11 bits per heavy atom. The van der Waals surface area contributed by atoms with Gasteiger partial charge in [0.1, 0.15) is 0 Å². The number of hydrogen-bond acceptors (Lipinski definition) is 5. The van der Waals surface area contributed by atoms with Crippen LogP contribution in [0.25, 0.3) is 0 Å². The van der Waals surface area contributed by atoms with Gasteiger partial charge in [-0.05, 0) is 31.2 Å². The van der Waals surface area contributed by atoms with Crippen LogP contribution in [0.2, 0.25) is 0 Å². The van der Waals surface area contributed by atoms with Gasteiger partial charge in [-0.25, -0.2) is 0 Å². The number of aromatic nitrogens is 2. The van der Waals surface area contributed by atoms with Crippen LogP contribution in [0.3, 0.4) is 0 Å². The van der Waals surface area contributed by atoms with E-state index in [1.807, 2.05) is 0 Å². The lowest BCUT2D eigenvalue weighted by Gasteiger charge is -2.24. The fourth-order valence-electron chi connectivity index (χ4n) is 3.26. The van der Waals surface area contributed by atoms with Crippen LogP contribution >= 0.6 is 0 Å². The summed E-state index contributed by atoms with van der Waals surface area (Å²) in [5, 5.41) is 7.68. The van der Waals surface area contributed by atoms with Gasteiger partial charge in [0.05, 0.1) is 6.54 Å².